The molecule has 1 atom stereocenters. The van der Waals surface area contributed by atoms with Crippen molar-refractivity contribution in [2.45, 2.75) is 19.9 Å². The van der Waals surface area contributed by atoms with Gasteiger partial charge in [-0.3, -0.25) is 9.59 Å². The Bertz CT molecular complexity index is 677. The second-order valence-corrected chi connectivity index (χ2v) is 5.31. The number of carbonyl (C=O) groups is 2. The minimum atomic E-state index is -1.08. The molecule has 0 saturated heterocycles. The van der Waals surface area contributed by atoms with Gasteiger partial charge < -0.3 is 15.2 Å². The molecule has 0 aliphatic heterocycles. The number of amides is 1. The zero-order chi connectivity index (χ0) is 16.8. The van der Waals surface area contributed by atoms with Crippen molar-refractivity contribution in [1.29, 1.82) is 0 Å². The smallest absolute Gasteiger partial charge is 0.325 e. The predicted octanol–water partition coefficient (Wildman–Crippen LogP) is 2.63. The van der Waals surface area contributed by atoms with Crippen LogP contribution in [0.5, 0.6) is 5.75 Å². The zero-order valence-corrected chi connectivity index (χ0v) is 13.1. The molecule has 0 spiro atoms. The first-order valence-electron chi connectivity index (χ1n) is 7.28. The van der Waals surface area contributed by atoms with E-state index < -0.39 is 17.9 Å². The summed E-state index contributed by atoms with van der Waals surface area (Å²) in [6.45, 7) is 3.22. The van der Waals surface area contributed by atoms with Crippen molar-refractivity contribution in [2.24, 2.45) is 0 Å². The molecular weight excluding hydrogens is 294 g/mol. The molecule has 120 valence electrons. The number of carboxylic acid groups (broad SMARTS) is 1. The van der Waals surface area contributed by atoms with Gasteiger partial charge in [0.1, 0.15) is 11.8 Å². The third-order valence-electron chi connectivity index (χ3n) is 3.36. The van der Waals surface area contributed by atoms with Crippen molar-refractivity contribution in [3.05, 3.63) is 54.1 Å². The largest absolute Gasteiger partial charge is 0.484 e. The van der Waals surface area contributed by atoms with E-state index >= 15 is 0 Å². The molecule has 0 aliphatic carbocycles. The zero-order valence-electron chi connectivity index (χ0n) is 13.1. The Kier molecular flexibility index (Phi) is 5.36. The van der Waals surface area contributed by atoms with Crippen LogP contribution in [0, 0.1) is 6.92 Å². The summed E-state index contributed by atoms with van der Waals surface area (Å²) in [5.41, 5.74) is 3.37. The Hall–Kier alpha value is -2.82. The van der Waals surface area contributed by atoms with Gasteiger partial charge in [0.2, 0.25) is 0 Å². The Morgan fingerprint density at radius 3 is 2.09 bits per heavy atom. The second kappa shape index (κ2) is 7.45. The molecule has 2 N–H and O–H groups in total. The molecule has 0 aliphatic rings. The van der Waals surface area contributed by atoms with Gasteiger partial charge in [-0.2, -0.15) is 0 Å². The number of carboxylic acids is 1. The first-order valence-corrected chi connectivity index (χ1v) is 7.28. The van der Waals surface area contributed by atoms with Crippen LogP contribution in [-0.4, -0.2) is 29.6 Å². The molecule has 0 radical (unpaired) electrons. The number of benzene rings is 2. The third-order valence-corrected chi connectivity index (χ3v) is 3.36. The maximum atomic E-state index is 11.6. The van der Waals surface area contributed by atoms with Crippen LogP contribution in [0.4, 0.5) is 0 Å². The van der Waals surface area contributed by atoms with Crippen molar-refractivity contribution in [2.75, 3.05) is 6.61 Å². The van der Waals surface area contributed by atoms with Crippen molar-refractivity contribution in [1.82, 2.24) is 5.32 Å². The SMILES string of the molecule is Cc1ccc(-c2ccc(OCC(=O)NC(C)C(=O)O)cc2)cc1. The summed E-state index contributed by atoms with van der Waals surface area (Å²) in [4.78, 5) is 22.2. The molecule has 0 fully saturated rings. The first-order chi connectivity index (χ1) is 11.0. The predicted molar refractivity (Wildman–Crippen MR) is 87.4 cm³/mol. The monoisotopic (exact) mass is 313 g/mol. The fourth-order valence-electron chi connectivity index (χ4n) is 1.98. The molecule has 5 heteroatoms. The summed E-state index contributed by atoms with van der Waals surface area (Å²) in [5, 5.41) is 11.0. The lowest BCUT2D eigenvalue weighted by Crippen LogP contribution is -2.40. The molecule has 0 aromatic heterocycles. The van der Waals surface area contributed by atoms with Crippen LogP contribution in [0.2, 0.25) is 0 Å². The molecule has 2 aromatic rings. The molecule has 0 bridgehead atoms. The van der Waals surface area contributed by atoms with E-state index in [9.17, 15) is 9.59 Å². The van der Waals surface area contributed by atoms with Gasteiger partial charge in [0.15, 0.2) is 6.61 Å². The Morgan fingerprint density at radius 1 is 1.04 bits per heavy atom. The number of nitrogens with one attached hydrogen (secondary N) is 1. The van der Waals surface area contributed by atoms with Gasteiger partial charge in [-0.05, 0) is 37.1 Å². The molecule has 23 heavy (non-hydrogen) atoms. The first kappa shape index (κ1) is 16.5. The summed E-state index contributed by atoms with van der Waals surface area (Å²) < 4.78 is 5.35. The Balaban J connectivity index is 1.91. The molecule has 1 amide bonds. The third kappa shape index (κ3) is 4.85. The molecule has 0 saturated carbocycles. The second-order valence-electron chi connectivity index (χ2n) is 5.31. The van der Waals surface area contributed by atoms with E-state index in [0.717, 1.165) is 11.1 Å². The maximum Gasteiger partial charge on any atom is 0.325 e. The van der Waals surface area contributed by atoms with Crippen molar-refractivity contribution < 1.29 is 19.4 Å². The van der Waals surface area contributed by atoms with E-state index in [1.54, 1.807) is 12.1 Å². The molecule has 2 rings (SSSR count). The number of ether oxygens (including phenoxy) is 1. The summed E-state index contributed by atoms with van der Waals surface area (Å²) in [7, 11) is 0. The number of carbonyl (C=O) groups excluding carboxylic acids is 1. The average Bonchev–Trinajstić information content (AvgIpc) is 2.54. The van der Waals surface area contributed by atoms with E-state index in [0.29, 0.717) is 5.75 Å². The van der Waals surface area contributed by atoms with E-state index in [2.05, 4.69) is 5.32 Å². The van der Waals surface area contributed by atoms with Crippen LogP contribution >= 0.6 is 0 Å². The van der Waals surface area contributed by atoms with E-state index in [1.807, 2.05) is 43.3 Å². The standard InChI is InChI=1S/C18H19NO4/c1-12-3-5-14(6-4-12)15-7-9-16(10-8-15)23-11-17(20)19-13(2)18(21)22/h3-10,13H,11H2,1-2H3,(H,19,20)(H,21,22). The quantitative estimate of drug-likeness (QED) is 0.859. The molecule has 2 aromatic carbocycles. The summed E-state index contributed by atoms with van der Waals surface area (Å²) >= 11 is 0. The normalized spacial score (nSPS) is 11.6. The topological polar surface area (TPSA) is 75.6 Å². The van der Waals surface area contributed by atoms with Crippen LogP contribution in [0.1, 0.15) is 12.5 Å². The van der Waals surface area contributed by atoms with E-state index in [4.69, 9.17) is 9.84 Å². The number of rotatable bonds is 6. The minimum Gasteiger partial charge on any atom is -0.484 e. The van der Waals surface area contributed by atoms with Gasteiger partial charge in [-0.25, -0.2) is 0 Å². The maximum absolute atomic E-state index is 11.6. The lowest BCUT2D eigenvalue weighted by Gasteiger charge is -2.10. The van der Waals surface area contributed by atoms with Gasteiger partial charge >= 0.3 is 5.97 Å². The molecular formula is C18H19NO4. The highest BCUT2D eigenvalue weighted by Crippen LogP contribution is 2.22. The Labute approximate surface area is 134 Å². The van der Waals surface area contributed by atoms with Gasteiger partial charge in [-0.15, -0.1) is 0 Å². The van der Waals surface area contributed by atoms with Gasteiger partial charge in [0.05, 0.1) is 0 Å². The lowest BCUT2D eigenvalue weighted by atomic mass is 10.0. The molecule has 1 unspecified atom stereocenters. The van der Waals surface area contributed by atoms with Crippen LogP contribution in [0.25, 0.3) is 11.1 Å². The highest BCUT2D eigenvalue weighted by atomic mass is 16.5. The van der Waals surface area contributed by atoms with Crippen LogP contribution < -0.4 is 10.1 Å². The highest BCUT2D eigenvalue weighted by Gasteiger charge is 2.14. The summed E-state index contributed by atoms with van der Waals surface area (Å²) in [6.07, 6.45) is 0. The lowest BCUT2D eigenvalue weighted by molar-refractivity contribution is -0.141. The Morgan fingerprint density at radius 2 is 1.57 bits per heavy atom. The van der Waals surface area contributed by atoms with Gasteiger partial charge in [-0.1, -0.05) is 42.0 Å². The van der Waals surface area contributed by atoms with E-state index in [1.165, 1.54) is 12.5 Å². The van der Waals surface area contributed by atoms with Gasteiger partial charge in [0.25, 0.3) is 5.91 Å². The minimum absolute atomic E-state index is 0.221. The van der Waals surface area contributed by atoms with Crippen molar-refractivity contribution in [3.8, 4) is 16.9 Å². The summed E-state index contributed by atoms with van der Waals surface area (Å²) in [5.74, 6) is -0.998. The van der Waals surface area contributed by atoms with Crippen molar-refractivity contribution >= 4 is 11.9 Å². The van der Waals surface area contributed by atoms with Crippen LogP contribution in [0.15, 0.2) is 48.5 Å². The number of hydrogen-bond donors (Lipinski definition) is 2. The highest BCUT2D eigenvalue weighted by molar-refractivity contribution is 5.84. The van der Waals surface area contributed by atoms with Gasteiger partial charge in [0, 0.05) is 0 Å². The number of aryl methyl sites for hydroxylation is 1. The fraction of sp³-hybridized carbons (Fsp3) is 0.222. The van der Waals surface area contributed by atoms with Crippen molar-refractivity contribution in [3.63, 3.8) is 0 Å². The average molecular weight is 313 g/mol. The number of aliphatic carboxylic acids is 1. The molecule has 0 heterocycles. The molecule has 5 nitrogen and oxygen atoms in total. The summed E-state index contributed by atoms with van der Waals surface area (Å²) in [6, 6.07) is 14.6. The fourth-order valence-corrected chi connectivity index (χ4v) is 1.98. The van der Waals surface area contributed by atoms with Crippen LogP contribution in [0.3, 0.4) is 0 Å². The number of hydrogen-bond acceptors (Lipinski definition) is 3. The van der Waals surface area contributed by atoms with Crippen LogP contribution in [-0.2, 0) is 9.59 Å². The van der Waals surface area contributed by atoms with E-state index in [-0.39, 0.29) is 6.61 Å².